The van der Waals surface area contributed by atoms with E-state index in [0.29, 0.717) is 35.8 Å². The summed E-state index contributed by atoms with van der Waals surface area (Å²) < 4.78 is 0. The number of hydrogen-bond acceptors (Lipinski definition) is 5. The summed E-state index contributed by atoms with van der Waals surface area (Å²) in [6.07, 6.45) is 1.27. The Labute approximate surface area is 178 Å². The second kappa shape index (κ2) is 8.31. The molecule has 158 valence electrons. The number of amides is 5. The Hall–Kier alpha value is -2.13. The molecule has 0 aromatic carbocycles. The zero-order chi connectivity index (χ0) is 21.3. The Bertz CT molecular complexity index is 837. The molecule has 2 fully saturated rings. The SMILES string of the molecule is Cc1csc(C(=O)N2CCC(NC(=O)CN3C(=O)CNC3=O)CC(C)(C)C2)c1Cl. The van der Waals surface area contributed by atoms with Gasteiger partial charge in [0.1, 0.15) is 11.4 Å². The Morgan fingerprint density at radius 2 is 2.10 bits per heavy atom. The van der Waals surface area contributed by atoms with Crippen molar-refractivity contribution in [2.24, 2.45) is 5.41 Å². The van der Waals surface area contributed by atoms with E-state index in [2.05, 4.69) is 24.5 Å². The molecule has 1 aromatic heterocycles. The van der Waals surface area contributed by atoms with Gasteiger partial charge in [-0.25, -0.2) is 4.79 Å². The first kappa shape index (κ1) is 21.6. The van der Waals surface area contributed by atoms with Gasteiger partial charge in [0.15, 0.2) is 0 Å². The van der Waals surface area contributed by atoms with Crippen LogP contribution in [0, 0.1) is 12.3 Å². The van der Waals surface area contributed by atoms with Gasteiger partial charge in [-0.3, -0.25) is 19.3 Å². The number of hydrogen-bond donors (Lipinski definition) is 2. The number of imide groups is 1. The summed E-state index contributed by atoms with van der Waals surface area (Å²) in [5.41, 5.74) is 0.670. The smallest absolute Gasteiger partial charge is 0.325 e. The predicted molar refractivity (Wildman–Crippen MR) is 110 cm³/mol. The molecule has 2 N–H and O–H groups in total. The molecule has 3 rings (SSSR count). The van der Waals surface area contributed by atoms with Crippen LogP contribution in [0.2, 0.25) is 5.02 Å². The number of carbonyl (C=O) groups excluding carboxylic acids is 4. The van der Waals surface area contributed by atoms with Crippen molar-refractivity contribution < 1.29 is 19.2 Å². The third kappa shape index (κ3) is 4.90. The number of rotatable bonds is 4. The molecule has 1 aromatic rings. The molecule has 0 saturated carbocycles. The molecule has 5 amide bonds. The highest BCUT2D eigenvalue weighted by molar-refractivity contribution is 7.13. The van der Waals surface area contributed by atoms with Crippen LogP contribution < -0.4 is 10.6 Å². The summed E-state index contributed by atoms with van der Waals surface area (Å²) in [4.78, 5) is 51.9. The molecule has 2 aliphatic heterocycles. The van der Waals surface area contributed by atoms with Crippen LogP contribution in [0.15, 0.2) is 5.38 Å². The van der Waals surface area contributed by atoms with E-state index >= 15 is 0 Å². The molecule has 3 heterocycles. The summed E-state index contributed by atoms with van der Waals surface area (Å²) in [6, 6.07) is -0.706. The molecule has 0 bridgehead atoms. The minimum Gasteiger partial charge on any atom is -0.352 e. The van der Waals surface area contributed by atoms with Crippen molar-refractivity contribution in [2.45, 2.75) is 39.7 Å². The van der Waals surface area contributed by atoms with Crippen molar-refractivity contribution in [2.75, 3.05) is 26.2 Å². The van der Waals surface area contributed by atoms with Crippen LogP contribution in [0.25, 0.3) is 0 Å². The molecule has 2 aliphatic rings. The Morgan fingerprint density at radius 1 is 1.38 bits per heavy atom. The monoisotopic (exact) mass is 440 g/mol. The zero-order valence-electron chi connectivity index (χ0n) is 16.7. The predicted octanol–water partition coefficient (Wildman–Crippen LogP) is 2.01. The summed E-state index contributed by atoms with van der Waals surface area (Å²) in [5, 5.41) is 7.69. The summed E-state index contributed by atoms with van der Waals surface area (Å²) in [7, 11) is 0. The first-order chi connectivity index (χ1) is 13.6. The van der Waals surface area contributed by atoms with Crippen LogP contribution in [-0.4, -0.2) is 65.8 Å². The van der Waals surface area contributed by atoms with E-state index < -0.39 is 11.9 Å². The number of likely N-dealkylation sites (tertiary alicyclic amines) is 1. The molecular weight excluding hydrogens is 416 g/mol. The van der Waals surface area contributed by atoms with Crippen LogP contribution in [0.5, 0.6) is 0 Å². The second-order valence-electron chi connectivity index (χ2n) is 8.35. The maximum Gasteiger partial charge on any atom is 0.325 e. The van der Waals surface area contributed by atoms with E-state index in [-0.39, 0.29) is 36.4 Å². The summed E-state index contributed by atoms with van der Waals surface area (Å²) in [5.74, 6) is -0.883. The Kier molecular flexibility index (Phi) is 6.19. The van der Waals surface area contributed by atoms with Gasteiger partial charge < -0.3 is 15.5 Å². The Morgan fingerprint density at radius 3 is 2.69 bits per heavy atom. The van der Waals surface area contributed by atoms with E-state index in [9.17, 15) is 19.2 Å². The van der Waals surface area contributed by atoms with Gasteiger partial charge in [-0.15, -0.1) is 11.3 Å². The Balaban J connectivity index is 1.64. The highest BCUT2D eigenvalue weighted by atomic mass is 35.5. The first-order valence-corrected chi connectivity index (χ1v) is 10.7. The lowest BCUT2D eigenvalue weighted by Gasteiger charge is -2.30. The first-order valence-electron chi connectivity index (χ1n) is 9.48. The maximum atomic E-state index is 13.0. The van der Waals surface area contributed by atoms with Crippen LogP contribution in [-0.2, 0) is 9.59 Å². The lowest BCUT2D eigenvalue weighted by Crippen LogP contribution is -2.45. The van der Waals surface area contributed by atoms with Crippen molar-refractivity contribution in [3.63, 3.8) is 0 Å². The molecular formula is C19H25ClN4O4S. The average Bonchev–Trinajstić information content (AvgIpc) is 3.07. The number of halogens is 1. The largest absolute Gasteiger partial charge is 0.352 e. The molecule has 0 radical (unpaired) electrons. The van der Waals surface area contributed by atoms with Gasteiger partial charge in [-0.05, 0) is 36.1 Å². The van der Waals surface area contributed by atoms with Crippen LogP contribution in [0.4, 0.5) is 4.79 Å². The topological polar surface area (TPSA) is 98.8 Å². The van der Waals surface area contributed by atoms with Crippen LogP contribution in [0.3, 0.4) is 0 Å². The van der Waals surface area contributed by atoms with Gasteiger partial charge in [-0.2, -0.15) is 0 Å². The van der Waals surface area contributed by atoms with Crippen LogP contribution >= 0.6 is 22.9 Å². The van der Waals surface area contributed by atoms with Crippen molar-refractivity contribution >= 4 is 46.7 Å². The van der Waals surface area contributed by atoms with Crippen LogP contribution in [0.1, 0.15) is 41.9 Å². The van der Waals surface area contributed by atoms with Gasteiger partial charge >= 0.3 is 6.03 Å². The number of nitrogens with one attached hydrogen (secondary N) is 2. The van der Waals surface area contributed by atoms with Gasteiger partial charge in [0.05, 0.1) is 11.6 Å². The van der Waals surface area contributed by atoms with Crippen molar-refractivity contribution in [1.29, 1.82) is 0 Å². The summed E-state index contributed by atoms with van der Waals surface area (Å²) >= 11 is 7.62. The van der Waals surface area contributed by atoms with E-state index in [0.717, 1.165) is 10.5 Å². The fraction of sp³-hybridized carbons (Fsp3) is 0.579. The number of urea groups is 1. The molecule has 10 heteroatoms. The minimum absolute atomic E-state index is 0.0790. The van der Waals surface area contributed by atoms with Gasteiger partial charge in [-0.1, -0.05) is 25.4 Å². The lowest BCUT2D eigenvalue weighted by atomic mass is 9.86. The number of thiophene rings is 1. The molecule has 0 spiro atoms. The van der Waals surface area contributed by atoms with Gasteiger partial charge in [0.2, 0.25) is 5.91 Å². The molecule has 1 atom stereocenters. The van der Waals surface area contributed by atoms with Crippen molar-refractivity contribution in [1.82, 2.24) is 20.4 Å². The van der Waals surface area contributed by atoms with E-state index in [1.807, 2.05) is 12.3 Å². The number of carbonyl (C=O) groups is 4. The zero-order valence-corrected chi connectivity index (χ0v) is 18.3. The normalized spacial score (nSPS) is 21.7. The highest BCUT2D eigenvalue weighted by Gasteiger charge is 2.35. The fourth-order valence-electron chi connectivity index (χ4n) is 3.79. The van der Waals surface area contributed by atoms with E-state index in [4.69, 9.17) is 11.6 Å². The van der Waals surface area contributed by atoms with Crippen molar-refractivity contribution in [3.05, 3.63) is 20.8 Å². The van der Waals surface area contributed by atoms with Crippen molar-refractivity contribution in [3.8, 4) is 0 Å². The molecule has 2 saturated heterocycles. The van der Waals surface area contributed by atoms with E-state index in [1.165, 1.54) is 11.3 Å². The van der Waals surface area contributed by atoms with E-state index in [1.54, 1.807) is 4.90 Å². The highest BCUT2D eigenvalue weighted by Crippen LogP contribution is 2.32. The molecule has 29 heavy (non-hydrogen) atoms. The molecule has 0 aliphatic carbocycles. The maximum absolute atomic E-state index is 13.0. The quantitative estimate of drug-likeness (QED) is 0.699. The third-order valence-electron chi connectivity index (χ3n) is 5.15. The molecule has 8 nitrogen and oxygen atoms in total. The van der Waals surface area contributed by atoms with Gasteiger partial charge in [0, 0.05) is 19.1 Å². The summed E-state index contributed by atoms with van der Waals surface area (Å²) in [6.45, 7) is 6.65. The average molecular weight is 441 g/mol. The standard InChI is InChI=1S/C19H25ClN4O4S/c1-11-9-29-16(15(11)20)17(27)23-5-4-12(6-19(2,3)10-23)22-13(25)8-24-14(26)7-21-18(24)28/h9,12H,4-8,10H2,1-3H3,(H,21,28)(H,22,25). The van der Waals surface area contributed by atoms with Gasteiger partial charge in [0.25, 0.3) is 11.8 Å². The number of aryl methyl sites for hydroxylation is 1. The third-order valence-corrected chi connectivity index (χ3v) is 6.83. The molecule has 1 unspecified atom stereocenters. The lowest BCUT2D eigenvalue weighted by molar-refractivity contribution is -0.131. The fourth-order valence-corrected chi connectivity index (χ4v) is 5.03. The second-order valence-corrected chi connectivity index (χ2v) is 9.61. The number of nitrogens with zero attached hydrogens (tertiary/aromatic N) is 2. The minimum atomic E-state index is -0.550.